The van der Waals surface area contributed by atoms with Crippen molar-refractivity contribution < 1.29 is 9.47 Å². The molecule has 3 rings (SSSR count). The van der Waals surface area contributed by atoms with E-state index in [0.29, 0.717) is 0 Å². The SMILES string of the molecule is COc1cccc(Nc2ccc(OC)c3cnccc23)c1. The summed E-state index contributed by atoms with van der Waals surface area (Å²) in [5.74, 6) is 1.63. The summed E-state index contributed by atoms with van der Waals surface area (Å²) in [6, 6.07) is 13.7. The molecule has 1 aromatic heterocycles. The van der Waals surface area contributed by atoms with Gasteiger partial charge in [0.25, 0.3) is 0 Å². The third kappa shape index (κ3) is 2.60. The van der Waals surface area contributed by atoms with E-state index in [9.17, 15) is 0 Å². The van der Waals surface area contributed by atoms with Gasteiger partial charge in [0, 0.05) is 40.6 Å². The number of nitrogens with one attached hydrogen (secondary N) is 1. The number of methoxy groups -OCH3 is 2. The molecule has 1 N–H and O–H groups in total. The normalized spacial score (nSPS) is 10.4. The fourth-order valence-electron chi connectivity index (χ4n) is 2.31. The van der Waals surface area contributed by atoms with Gasteiger partial charge < -0.3 is 14.8 Å². The van der Waals surface area contributed by atoms with E-state index in [1.807, 2.05) is 48.7 Å². The second-order valence-corrected chi connectivity index (χ2v) is 4.59. The van der Waals surface area contributed by atoms with E-state index in [4.69, 9.17) is 9.47 Å². The lowest BCUT2D eigenvalue weighted by atomic mass is 10.1. The minimum atomic E-state index is 0.814. The molecule has 0 bridgehead atoms. The summed E-state index contributed by atoms with van der Waals surface area (Å²) in [6.45, 7) is 0. The first-order chi connectivity index (χ1) is 10.3. The van der Waals surface area contributed by atoms with E-state index in [2.05, 4.69) is 10.3 Å². The van der Waals surface area contributed by atoms with Crippen LogP contribution in [-0.4, -0.2) is 19.2 Å². The van der Waals surface area contributed by atoms with Gasteiger partial charge in [0.1, 0.15) is 11.5 Å². The van der Waals surface area contributed by atoms with Crippen LogP contribution in [0, 0.1) is 0 Å². The van der Waals surface area contributed by atoms with Crippen LogP contribution in [0.2, 0.25) is 0 Å². The van der Waals surface area contributed by atoms with Gasteiger partial charge in [0.2, 0.25) is 0 Å². The molecule has 0 aliphatic rings. The fraction of sp³-hybridized carbons (Fsp3) is 0.118. The monoisotopic (exact) mass is 280 g/mol. The summed E-state index contributed by atoms with van der Waals surface area (Å²) < 4.78 is 10.6. The third-order valence-electron chi connectivity index (χ3n) is 3.35. The first kappa shape index (κ1) is 13.2. The van der Waals surface area contributed by atoms with Crippen molar-refractivity contribution in [3.05, 3.63) is 54.9 Å². The molecule has 0 fully saturated rings. The van der Waals surface area contributed by atoms with Crippen molar-refractivity contribution in [1.82, 2.24) is 4.98 Å². The average Bonchev–Trinajstić information content (AvgIpc) is 2.55. The van der Waals surface area contributed by atoms with Crippen molar-refractivity contribution in [2.75, 3.05) is 19.5 Å². The van der Waals surface area contributed by atoms with Gasteiger partial charge in [-0.05, 0) is 30.3 Å². The van der Waals surface area contributed by atoms with Gasteiger partial charge in [-0.25, -0.2) is 0 Å². The predicted octanol–water partition coefficient (Wildman–Crippen LogP) is 4.00. The number of hydrogen-bond acceptors (Lipinski definition) is 4. The van der Waals surface area contributed by atoms with Crippen molar-refractivity contribution in [3.63, 3.8) is 0 Å². The summed E-state index contributed by atoms with van der Waals surface area (Å²) in [4.78, 5) is 4.17. The number of aromatic nitrogens is 1. The van der Waals surface area contributed by atoms with E-state index in [-0.39, 0.29) is 0 Å². The average molecular weight is 280 g/mol. The van der Waals surface area contributed by atoms with Gasteiger partial charge in [-0.15, -0.1) is 0 Å². The maximum absolute atomic E-state index is 5.38. The second-order valence-electron chi connectivity index (χ2n) is 4.59. The molecule has 4 heteroatoms. The molecular weight excluding hydrogens is 264 g/mol. The molecule has 0 aliphatic carbocycles. The van der Waals surface area contributed by atoms with E-state index in [1.54, 1.807) is 20.4 Å². The van der Waals surface area contributed by atoms with Crippen LogP contribution < -0.4 is 14.8 Å². The zero-order chi connectivity index (χ0) is 14.7. The lowest BCUT2D eigenvalue weighted by Crippen LogP contribution is -1.94. The molecule has 3 aromatic rings. The Morgan fingerprint density at radius 1 is 0.952 bits per heavy atom. The molecule has 0 saturated heterocycles. The first-order valence-corrected chi connectivity index (χ1v) is 6.63. The quantitative estimate of drug-likeness (QED) is 0.784. The number of hydrogen-bond donors (Lipinski definition) is 1. The van der Waals surface area contributed by atoms with Crippen molar-refractivity contribution in [3.8, 4) is 11.5 Å². The lowest BCUT2D eigenvalue weighted by Gasteiger charge is -2.12. The third-order valence-corrected chi connectivity index (χ3v) is 3.35. The number of anilines is 2. The summed E-state index contributed by atoms with van der Waals surface area (Å²) >= 11 is 0. The Hall–Kier alpha value is -2.75. The highest BCUT2D eigenvalue weighted by atomic mass is 16.5. The molecule has 0 radical (unpaired) electrons. The van der Waals surface area contributed by atoms with Crippen LogP contribution >= 0.6 is 0 Å². The number of rotatable bonds is 4. The van der Waals surface area contributed by atoms with E-state index < -0.39 is 0 Å². The fourth-order valence-corrected chi connectivity index (χ4v) is 2.31. The summed E-state index contributed by atoms with van der Waals surface area (Å²) in [5, 5.41) is 5.45. The van der Waals surface area contributed by atoms with Gasteiger partial charge in [-0.1, -0.05) is 6.07 Å². The number of nitrogens with zero attached hydrogens (tertiary/aromatic N) is 1. The van der Waals surface area contributed by atoms with Crippen LogP contribution in [-0.2, 0) is 0 Å². The Balaban J connectivity index is 2.04. The Kier molecular flexibility index (Phi) is 3.60. The highest BCUT2D eigenvalue weighted by Crippen LogP contribution is 2.32. The maximum atomic E-state index is 5.38. The molecule has 21 heavy (non-hydrogen) atoms. The molecule has 0 spiro atoms. The molecule has 0 amide bonds. The van der Waals surface area contributed by atoms with E-state index in [1.165, 1.54) is 0 Å². The van der Waals surface area contributed by atoms with E-state index >= 15 is 0 Å². The Morgan fingerprint density at radius 2 is 1.86 bits per heavy atom. The van der Waals surface area contributed by atoms with Gasteiger partial charge in [0.15, 0.2) is 0 Å². The second kappa shape index (κ2) is 5.71. The van der Waals surface area contributed by atoms with Crippen LogP contribution in [0.5, 0.6) is 11.5 Å². The Labute approximate surface area is 123 Å². The van der Waals surface area contributed by atoms with Crippen molar-refractivity contribution in [2.45, 2.75) is 0 Å². The summed E-state index contributed by atoms with van der Waals surface area (Å²) in [6.07, 6.45) is 3.59. The molecule has 106 valence electrons. The van der Waals surface area contributed by atoms with Crippen molar-refractivity contribution in [1.29, 1.82) is 0 Å². The van der Waals surface area contributed by atoms with Crippen LogP contribution in [0.15, 0.2) is 54.9 Å². The van der Waals surface area contributed by atoms with Crippen molar-refractivity contribution in [2.24, 2.45) is 0 Å². The van der Waals surface area contributed by atoms with Crippen molar-refractivity contribution >= 4 is 22.1 Å². The van der Waals surface area contributed by atoms with Crippen LogP contribution in [0.25, 0.3) is 10.8 Å². The molecule has 4 nitrogen and oxygen atoms in total. The first-order valence-electron chi connectivity index (χ1n) is 6.63. The molecule has 0 unspecified atom stereocenters. The lowest BCUT2D eigenvalue weighted by molar-refractivity contribution is 0.415. The van der Waals surface area contributed by atoms with Crippen LogP contribution in [0.1, 0.15) is 0 Å². The largest absolute Gasteiger partial charge is 0.497 e. The minimum absolute atomic E-state index is 0.814. The number of ether oxygens (including phenoxy) is 2. The molecule has 0 aliphatic heterocycles. The Bertz CT molecular complexity index is 772. The molecule has 1 heterocycles. The molecule has 2 aromatic carbocycles. The van der Waals surface area contributed by atoms with Gasteiger partial charge >= 0.3 is 0 Å². The molecule has 0 atom stereocenters. The number of pyridine rings is 1. The van der Waals surface area contributed by atoms with Gasteiger partial charge in [0.05, 0.1) is 14.2 Å². The summed E-state index contributed by atoms with van der Waals surface area (Å²) in [7, 11) is 3.32. The van der Waals surface area contributed by atoms with Gasteiger partial charge in [-0.3, -0.25) is 4.98 Å². The minimum Gasteiger partial charge on any atom is -0.497 e. The summed E-state index contributed by atoms with van der Waals surface area (Å²) in [5.41, 5.74) is 1.97. The van der Waals surface area contributed by atoms with Gasteiger partial charge in [-0.2, -0.15) is 0 Å². The predicted molar refractivity (Wildman–Crippen MR) is 84.6 cm³/mol. The van der Waals surface area contributed by atoms with E-state index in [0.717, 1.165) is 33.6 Å². The highest BCUT2D eigenvalue weighted by Gasteiger charge is 2.07. The Morgan fingerprint density at radius 3 is 2.67 bits per heavy atom. The zero-order valence-electron chi connectivity index (χ0n) is 12.0. The molecular formula is C17H16N2O2. The maximum Gasteiger partial charge on any atom is 0.128 e. The highest BCUT2D eigenvalue weighted by molar-refractivity contribution is 5.98. The topological polar surface area (TPSA) is 43.4 Å². The smallest absolute Gasteiger partial charge is 0.128 e. The van der Waals surface area contributed by atoms with Crippen LogP contribution in [0.3, 0.4) is 0 Å². The van der Waals surface area contributed by atoms with Crippen LogP contribution in [0.4, 0.5) is 11.4 Å². The number of benzene rings is 2. The zero-order valence-corrected chi connectivity index (χ0v) is 12.0. The standard InChI is InChI=1S/C17H16N2O2/c1-20-13-5-3-4-12(10-13)19-16-6-7-17(21-2)15-11-18-9-8-14(15)16/h3-11,19H,1-2H3. The number of fused-ring (bicyclic) bond motifs is 1. The molecule has 0 saturated carbocycles.